The number of benzene rings is 1. The summed E-state index contributed by atoms with van der Waals surface area (Å²) < 4.78 is 6.03. The van der Waals surface area contributed by atoms with E-state index in [1.165, 1.54) is 36.8 Å². The largest absolute Gasteiger partial charge is 0.377 e. The summed E-state index contributed by atoms with van der Waals surface area (Å²) in [5.74, 6) is 0.842. The summed E-state index contributed by atoms with van der Waals surface area (Å²) in [5, 5.41) is 3.53. The first-order valence-corrected chi connectivity index (χ1v) is 7.88. The Hall–Kier alpha value is -0.860. The molecule has 1 aliphatic rings. The predicted molar refractivity (Wildman–Crippen MR) is 85.1 cm³/mol. The Morgan fingerprint density at radius 2 is 1.95 bits per heavy atom. The van der Waals surface area contributed by atoms with Gasteiger partial charge < -0.3 is 10.1 Å². The van der Waals surface area contributed by atoms with Gasteiger partial charge in [-0.1, -0.05) is 31.2 Å². The predicted octanol–water partition coefficient (Wildman–Crippen LogP) is 3.72. The Morgan fingerprint density at radius 1 is 1.30 bits per heavy atom. The van der Waals surface area contributed by atoms with Crippen molar-refractivity contribution in [3.8, 4) is 0 Å². The third-order valence-electron chi connectivity index (χ3n) is 5.20. The van der Waals surface area contributed by atoms with Crippen LogP contribution in [0.25, 0.3) is 0 Å². The molecular formula is C18H29NO. The van der Waals surface area contributed by atoms with Crippen LogP contribution in [0.4, 0.5) is 0 Å². The maximum Gasteiger partial charge on any atom is 0.0834 e. The lowest BCUT2D eigenvalue weighted by molar-refractivity contribution is -0.0730. The van der Waals surface area contributed by atoms with E-state index < -0.39 is 0 Å². The summed E-state index contributed by atoms with van der Waals surface area (Å²) in [5.41, 5.74) is 2.81. The fourth-order valence-corrected chi connectivity index (χ4v) is 3.56. The molecule has 0 amide bonds. The van der Waals surface area contributed by atoms with Gasteiger partial charge in [0.25, 0.3) is 0 Å². The number of aryl methyl sites for hydroxylation is 1. The van der Waals surface area contributed by atoms with Crippen molar-refractivity contribution in [2.75, 3.05) is 14.2 Å². The summed E-state index contributed by atoms with van der Waals surface area (Å²) in [6.45, 7) is 4.56. The maximum absolute atomic E-state index is 6.03. The van der Waals surface area contributed by atoms with Crippen molar-refractivity contribution >= 4 is 0 Å². The van der Waals surface area contributed by atoms with E-state index in [0.29, 0.717) is 6.04 Å². The molecule has 1 atom stereocenters. The van der Waals surface area contributed by atoms with Gasteiger partial charge in [0.2, 0.25) is 0 Å². The molecule has 1 N–H and O–H groups in total. The number of ether oxygens (including phenoxy) is 1. The zero-order chi connectivity index (χ0) is 14.6. The molecule has 0 aliphatic heterocycles. The van der Waals surface area contributed by atoms with Crippen molar-refractivity contribution in [1.29, 1.82) is 0 Å². The third kappa shape index (κ3) is 3.24. The Balaban J connectivity index is 2.16. The zero-order valence-corrected chi connectivity index (χ0v) is 13.4. The molecule has 1 fully saturated rings. The van der Waals surface area contributed by atoms with Gasteiger partial charge in [0.05, 0.1) is 5.60 Å². The van der Waals surface area contributed by atoms with Gasteiger partial charge in [-0.3, -0.25) is 0 Å². The van der Waals surface area contributed by atoms with Crippen LogP contribution in [0.2, 0.25) is 0 Å². The molecule has 0 aromatic heterocycles. The van der Waals surface area contributed by atoms with E-state index in [0.717, 1.165) is 12.3 Å². The van der Waals surface area contributed by atoms with Gasteiger partial charge in [-0.15, -0.1) is 0 Å². The van der Waals surface area contributed by atoms with Crippen molar-refractivity contribution in [2.45, 2.75) is 57.6 Å². The van der Waals surface area contributed by atoms with Gasteiger partial charge in [0, 0.05) is 13.2 Å². The fraction of sp³-hybridized carbons (Fsp3) is 0.667. The molecule has 0 spiro atoms. The van der Waals surface area contributed by atoms with E-state index in [1.54, 1.807) is 0 Å². The summed E-state index contributed by atoms with van der Waals surface area (Å²) in [7, 11) is 3.96. The number of nitrogens with one attached hydrogen (secondary N) is 1. The average Bonchev–Trinajstić information content (AvgIpc) is 2.48. The van der Waals surface area contributed by atoms with Crippen LogP contribution >= 0.6 is 0 Å². The first-order valence-electron chi connectivity index (χ1n) is 7.88. The van der Waals surface area contributed by atoms with Crippen molar-refractivity contribution < 1.29 is 4.74 Å². The highest BCUT2D eigenvalue weighted by Crippen LogP contribution is 2.37. The van der Waals surface area contributed by atoms with Crippen LogP contribution in [0, 0.1) is 12.8 Å². The van der Waals surface area contributed by atoms with Crippen LogP contribution in [0.1, 0.15) is 43.7 Å². The molecule has 0 radical (unpaired) electrons. The van der Waals surface area contributed by atoms with E-state index >= 15 is 0 Å². The van der Waals surface area contributed by atoms with Crippen LogP contribution in [0.3, 0.4) is 0 Å². The van der Waals surface area contributed by atoms with Crippen molar-refractivity contribution in [3.05, 3.63) is 35.4 Å². The van der Waals surface area contributed by atoms with Crippen LogP contribution < -0.4 is 5.32 Å². The first-order chi connectivity index (χ1) is 9.61. The first kappa shape index (κ1) is 15.5. The van der Waals surface area contributed by atoms with E-state index in [2.05, 4.69) is 50.5 Å². The summed E-state index contributed by atoms with van der Waals surface area (Å²) in [6.07, 6.45) is 5.94. The number of hydrogen-bond donors (Lipinski definition) is 1. The van der Waals surface area contributed by atoms with E-state index in [-0.39, 0.29) is 5.60 Å². The summed E-state index contributed by atoms with van der Waals surface area (Å²) in [4.78, 5) is 0. The van der Waals surface area contributed by atoms with Crippen molar-refractivity contribution in [1.82, 2.24) is 5.32 Å². The lowest BCUT2D eigenvalue weighted by Gasteiger charge is -2.44. The van der Waals surface area contributed by atoms with Crippen molar-refractivity contribution in [2.24, 2.45) is 5.92 Å². The Bertz CT molecular complexity index is 421. The molecule has 1 aromatic rings. The van der Waals surface area contributed by atoms with Gasteiger partial charge in [0.15, 0.2) is 0 Å². The molecule has 2 heteroatoms. The fourth-order valence-electron chi connectivity index (χ4n) is 3.56. The minimum Gasteiger partial charge on any atom is -0.377 e. The zero-order valence-electron chi connectivity index (χ0n) is 13.4. The van der Waals surface area contributed by atoms with Gasteiger partial charge in [-0.25, -0.2) is 0 Å². The number of hydrogen-bond acceptors (Lipinski definition) is 2. The topological polar surface area (TPSA) is 21.3 Å². The number of methoxy groups -OCH3 is 1. The molecule has 1 aromatic carbocycles. The molecule has 112 valence electrons. The Kier molecular flexibility index (Phi) is 5.22. The highest BCUT2D eigenvalue weighted by atomic mass is 16.5. The second-order valence-electron chi connectivity index (χ2n) is 6.42. The number of likely N-dealkylation sites (N-methyl/N-ethyl adjacent to an activating group) is 1. The van der Waals surface area contributed by atoms with Crippen LogP contribution in [0.5, 0.6) is 0 Å². The Morgan fingerprint density at radius 3 is 2.50 bits per heavy atom. The second kappa shape index (κ2) is 6.73. The second-order valence-corrected chi connectivity index (χ2v) is 6.42. The highest BCUT2D eigenvalue weighted by Gasteiger charge is 2.40. The molecule has 2 nitrogen and oxygen atoms in total. The van der Waals surface area contributed by atoms with Gasteiger partial charge in [-0.05, 0) is 63.1 Å². The van der Waals surface area contributed by atoms with Crippen molar-refractivity contribution in [3.63, 3.8) is 0 Å². The highest BCUT2D eigenvalue weighted by molar-refractivity contribution is 5.27. The minimum atomic E-state index is 0.00351. The molecular weight excluding hydrogens is 246 g/mol. The average molecular weight is 275 g/mol. The van der Waals surface area contributed by atoms with Crippen LogP contribution in [-0.4, -0.2) is 25.8 Å². The summed E-state index contributed by atoms with van der Waals surface area (Å²) >= 11 is 0. The Labute approximate surface area is 123 Å². The van der Waals surface area contributed by atoms with E-state index in [1.807, 2.05) is 7.11 Å². The smallest absolute Gasteiger partial charge is 0.0834 e. The standard InChI is InChI=1S/C18H29NO/c1-14-9-11-18(20-4,12-10-14)17(19-3)13-16-8-6-5-7-15(16)2/h5-8,14,17,19H,9-13H2,1-4H3. The molecule has 20 heavy (non-hydrogen) atoms. The molecule has 1 saturated carbocycles. The molecule has 0 saturated heterocycles. The van der Waals surface area contributed by atoms with Gasteiger partial charge in [-0.2, -0.15) is 0 Å². The quantitative estimate of drug-likeness (QED) is 0.884. The normalized spacial score (nSPS) is 28.3. The molecule has 0 bridgehead atoms. The maximum atomic E-state index is 6.03. The van der Waals surface area contributed by atoms with Gasteiger partial charge >= 0.3 is 0 Å². The monoisotopic (exact) mass is 275 g/mol. The third-order valence-corrected chi connectivity index (χ3v) is 5.20. The van der Waals surface area contributed by atoms with E-state index in [4.69, 9.17) is 4.74 Å². The number of rotatable bonds is 5. The molecule has 2 rings (SSSR count). The van der Waals surface area contributed by atoms with Crippen LogP contribution in [0.15, 0.2) is 24.3 Å². The van der Waals surface area contributed by atoms with E-state index in [9.17, 15) is 0 Å². The minimum absolute atomic E-state index is 0.00351. The van der Waals surface area contributed by atoms with Crippen LogP contribution in [-0.2, 0) is 11.2 Å². The molecule has 0 heterocycles. The van der Waals surface area contributed by atoms with Gasteiger partial charge in [0.1, 0.15) is 0 Å². The lowest BCUT2D eigenvalue weighted by Crippen LogP contribution is -2.54. The SMILES string of the molecule is CNC(Cc1ccccc1C)C1(OC)CCC(C)CC1. The lowest BCUT2D eigenvalue weighted by atomic mass is 9.73. The molecule has 1 aliphatic carbocycles. The molecule has 1 unspecified atom stereocenters. The summed E-state index contributed by atoms with van der Waals surface area (Å²) in [6, 6.07) is 9.08.